The number of allylic oxidation sites excluding steroid dienone is 4. The van der Waals surface area contributed by atoms with Gasteiger partial charge in [-0.3, -0.25) is 9.59 Å². The summed E-state index contributed by atoms with van der Waals surface area (Å²) in [5.74, 6) is -0.455. The minimum atomic E-state index is -0.460. The van der Waals surface area contributed by atoms with Crippen molar-refractivity contribution < 1.29 is 14.3 Å². The van der Waals surface area contributed by atoms with E-state index in [1.165, 1.54) is 5.57 Å². The van der Waals surface area contributed by atoms with Gasteiger partial charge in [-0.1, -0.05) is 38.1 Å². The van der Waals surface area contributed by atoms with E-state index in [2.05, 4.69) is 13.8 Å². The summed E-state index contributed by atoms with van der Waals surface area (Å²) in [7, 11) is 0. The monoisotopic (exact) mass is 359 g/mol. The van der Waals surface area contributed by atoms with Crippen LogP contribution in [0.2, 0.25) is 0 Å². The first kappa shape index (κ1) is 17.3. The third-order valence-corrected chi connectivity index (χ3v) is 5.44. The third-order valence-electron chi connectivity index (χ3n) is 5.44. The van der Waals surface area contributed by atoms with Gasteiger partial charge in [0.2, 0.25) is 5.91 Å². The van der Waals surface area contributed by atoms with Crippen LogP contribution in [-0.2, 0) is 4.74 Å². The van der Waals surface area contributed by atoms with E-state index in [1.54, 1.807) is 24.5 Å². The van der Waals surface area contributed by atoms with Gasteiger partial charge in [0.15, 0.2) is 5.78 Å². The predicted octanol–water partition coefficient (Wildman–Crippen LogP) is 4.32. The van der Waals surface area contributed by atoms with Crippen LogP contribution in [0.3, 0.4) is 0 Å². The standard InChI is InChI=1S/C23H21NO3/c1-23(2)9-7-19(18-8-10-27-13-20(18)23)21(25)16-5-3-15-12-17(22(24)26)6-4-14(15)11-16/h3-8,10-12H,9,13H2,1-2H3,(H2,24,26). The second-order valence-corrected chi connectivity index (χ2v) is 7.68. The van der Waals surface area contributed by atoms with Crippen molar-refractivity contribution in [2.75, 3.05) is 6.61 Å². The highest BCUT2D eigenvalue weighted by Gasteiger charge is 2.33. The van der Waals surface area contributed by atoms with Crippen LogP contribution in [-0.4, -0.2) is 18.3 Å². The zero-order valence-electron chi connectivity index (χ0n) is 15.4. The van der Waals surface area contributed by atoms with Crippen LogP contribution in [0.25, 0.3) is 10.8 Å². The first-order chi connectivity index (χ1) is 12.9. The maximum Gasteiger partial charge on any atom is 0.248 e. The summed E-state index contributed by atoms with van der Waals surface area (Å²) in [6, 6.07) is 10.8. The zero-order chi connectivity index (χ0) is 19.2. The van der Waals surface area contributed by atoms with Gasteiger partial charge >= 0.3 is 0 Å². The average molecular weight is 359 g/mol. The SMILES string of the molecule is CC1(C)CC=C(C(=O)c2ccc3cc(C(N)=O)ccc3c2)C2=C1COC=C2. The molecule has 2 aromatic carbocycles. The Kier molecular flexibility index (Phi) is 3.99. The maximum absolute atomic E-state index is 13.2. The lowest BCUT2D eigenvalue weighted by Crippen LogP contribution is -2.26. The summed E-state index contributed by atoms with van der Waals surface area (Å²) >= 11 is 0. The molecular weight excluding hydrogens is 338 g/mol. The number of carbonyl (C=O) groups excluding carboxylic acids is 2. The fourth-order valence-corrected chi connectivity index (χ4v) is 3.74. The number of ether oxygens (including phenoxy) is 1. The first-order valence-electron chi connectivity index (χ1n) is 8.97. The van der Waals surface area contributed by atoms with Crippen LogP contribution in [0, 0.1) is 5.41 Å². The smallest absolute Gasteiger partial charge is 0.248 e. The molecule has 2 N–H and O–H groups in total. The Bertz CT molecular complexity index is 1070. The van der Waals surface area contributed by atoms with Crippen LogP contribution >= 0.6 is 0 Å². The summed E-state index contributed by atoms with van der Waals surface area (Å²) in [5.41, 5.74) is 9.30. The molecule has 2 aliphatic rings. The van der Waals surface area contributed by atoms with Crippen LogP contribution in [0.5, 0.6) is 0 Å². The van der Waals surface area contributed by atoms with Crippen molar-refractivity contribution in [2.45, 2.75) is 20.3 Å². The molecule has 4 rings (SSSR count). The molecule has 0 saturated heterocycles. The lowest BCUT2D eigenvalue weighted by Gasteiger charge is -2.35. The summed E-state index contributed by atoms with van der Waals surface area (Å²) in [6.45, 7) is 4.88. The van der Waals surface area contributed by atoms with Gasteiger partial charge in [-0.05, 0) is 58.0 Å². The molecule has 0 aromatic heterocycles. The van der Waals surface area contributed by atoms with Crippen LogP contribution in [0.4, 0.5) is 0 Å². The quantitative estimate of drug-likeness (QED) is 0.830. The topological polar surface area (TPSA) is 69.4 Å². The Labute approximate surface area is 158 Å². The minimum absolute atomic E-state index is 0.00503. The minimum Gasteiger partial charge on any atom is -0.497 e. The van der Waals surface area contributed by atoms with Crippen molar-refractivity contribution in [3.05, 3.63) is 82.7 Å². The molecule has 1 aliphatic heterocycles. The lowest BCUT2D eigenvalue weighted by atomic mass is 9.72. The molecule has 1 heterocycles. The number of ketones is 1. The van der Waals surface area contributed by atoms with Gasteiger partial charge in [0, 0.05) is 16.7 Å². The number of hydrogen-bond donors (Lipinski definition) is 1. The Morgan fingerprint density at radius 3 is 2.41 bits per heavy atom. The van der Waals surface area contributed by atoms with E-state index < -0.39 is 5.91 Å². The van der Waals surface area contributed by atoms with Crippen molar-refractivity contribution in [1.82, 2.24) is 0 Å². The second-order valence-electron chi connectivity index (χ2n) is 7.68. The molecule has 0 saturated carbocycles. The molecule has 0 unspecified atom stereocenters. The highest BCUT2D eigenvalue weighted by molar-refractivity contribution is 6.14. The Morgan fingerprint density at radius 2 is 1.70 bits per heavy atom. The molecular formula is C23H21NO3. The Balaban J connectivity index is 1.73. The second kappa shape index (κ2) is 6.23. The molecule has 27 heavy (non-hydrogen) atoms. The molecule has 4 nitrogen and oxygen atoms in total. The van der Waals surface area contributed by atoms with Crippen molar-refractivity contribution >= 4 is 22.5 Å². The number of Topliss-reactive ketones (excluding diaryl/α,β-unsaturated/α-hetero) is 1. The van der Waals surface area contributed by atoms with E-state index in [0.29, 0.717) is 17.7 Å². The number of nitrogens with two attached hydrogens (primary N) is 1. The molecule has 0 bridgehead atoms. The van der Waals surface area contributed by atoms with Gasteiger partial charge in [-0.15, -0.1) is 0 Å². The third kappa shape index (κ3) is 2.97. The van der Waals surface area contributed by atoms with Gasteiger partial charge < -0.3 is 10.5 Å². The molecule has 0 spiro atoms. The van der Waals surface area contributed by atoms with Gasteiger partial charge in [0.1, 0.15) is 6.61 Å². The van der Waals surface area contributed by atoms with E-state index in [-0.39, 0.29) is 11.2 Å². The van der Waals surface area contributed by atoms with Crippen LogP contribution in [0.1, 0.15) is 41.0 Å². The fourth-order valence-electron chi connectivity index (χ4n) is 3.74. The summed E-state index contributed by atoms with van der Waals surface area (Å²) in [4.78, 5) is 24.6. The van der Waals surface area contributed by atoms with Gasteiger partial charge in [0.25, 0.3) is 0 Å². The highest BCUT2D eigenvalue weighted by atomic mass is 16.5. The molecule has 1 amide bonds. The average Bonchev–Trinajstić information content (AvgIpc) is 2.67. The summed E-state index contributed by atoms with van der Waals surface area (Å²) in [5, 5.41) is 1.78. The number of amides is 1. The van der Waals surface area contributed by atoms with E-state index in [0.717, 1.165) is 28.3 Å². The van der Waals surface area contributed by atoms with E-state index in [9.17, 15) is 9.59 Å². The summed E-state index contributed by atoms with van der Waals surface area (Å²) in [6.07, 6.45) is 6.40. The van der Waals surface area contributed by atoms with E-state index in [1.807, 2.05) is 30.4 Å². The molecule has 2 aromatic rings. The van der Waals surface area contributed by atoms with Gasteiger partial charge in [-0.2, -0.15) is 0 Å². The molecule has 0 atom stereocenters. The molecule has 0 radical (unpaired) electrons. The number of primary amides is 1. The fraction of sp³-hybridized carbons (Fsp3) is 0.217. The predicted molar refractivity (Wildman–Crippen MR) is 105 cm³/mol. The number of carbonyl (C=O) groups is 2. The molecule has 136 valence electrons. The molecule has 1 aliphatic carbocycles. The first-order valence-corrected chi connectivity index (χ1v) is 8.97. The van der Waals surface area contributed by atoms with E-state index >= 15 is 0 Å². The highest BCUT2D eigenvalue weighted by Crippen LogP contribution is 2.42. The van der Waals surface area contributed by atoms with Crippen molar-refractivity contribution in [1.29, 1.82) is 0 Å². The molecule has 0 fully saturated rings. The van der Waals surface area contributed by atoms with Gasteiger partial charge in [0.05, 0.1) is 6.26 Å². The zero-order valence-corrected chi connectivity index (χ0v) is 15.4. The number of fused-ring (bicyclic) bond motifs is 1. The lowest BCUT2D eigenvalue weighted by molar-refractivity contribution is 0.0998. The van der Waals surface area contributed by atoms with Gasteiger partial charge in [-0.25, -0.2) is 0 Å². The number of hydrogen-bond acceptors (Lipinski definition) is 3. The van der Waals surface area contributed by atoms with Crippen molar-refractivity contribution in [3.63, 3.8) is 0 Å². The number of rotatable bonds is 3. The van der Waals surface area contributed by atoms with E-state index in [4.69, 9.17) is 10.5 Å². The van der Waals surface area contributed by atoms with Crippen molar-refractivity contribution in [2.24, 2.45) is 11.1 Å². The van der Waals surface area contributed by atoms with Crippen molar-refractivity contribution in [3.8, 4) is 0 Å². The largest absolute Gasteiger partial charge is 0.497 e. The van der Waals surface area contributed by atoms with Crippen LogP contribution in [0.15, 0.2) is 71.5 Å². The Hall–Kier alpha value is -3.14. The Morgan fingerprint density at radius 1 is 1.04 bits per heavy atom. The summed E-state index contributed by atoms with van der Waals surface area (Å²) < 4.78 is 5.48. The normalized spacial score (nSPS) is 17.9. The number of benzene rings is 2. The molecule has 4 heteroatoms. The van der Waals surface area contributed by atoms with Crippen LogP contribution < -0.4 is 5.73 Å². The maximum atomic E-state index is 13.2.